The van der Waals surface area contributed by atoms with Gasteiger partial charge >= 0.3 is 0 Å². The van der Waals surface area contributed by atoms with Crippen molar-refractivity contribution in [1.29, 1.82) is 0 Å². The van der Waals surface area contributed by atoms with Gasteiger partial charge in [0.25, 0.3) is 5.91 Å². The predicted octanol–water partition coefficient (Wildman–Crippen LogP) is 3.28. The molecule has 0 fully saturated rings. The SMILES string of the molecule is COc1ccc(CNC(=O)c2ccc3c(c2)N(Cc2ccccc2)C(=O)CS3=O)cc1. The minimum absolute atomic E-state index is 0.0527. The van der Waals surface area contributed by atoms with E-state index in [1.54, 1.807) is 30.2 Å². The maximum Gasteiger partial charge on any atom is 0.251 e. The molecular formula is C24H22N2O4S. The molecular weight excluding hydrogens is 412 g/mol. The molecule has 158 valence electrons. The Kier molecular flexibility index (Phi) is 6.13. The lowest BCUT2D eigenvalue weighted by Crippen LogP contribution is -2.38. The number of benzene rings is 3. The Hall–Kier alpha value is -3.45. The highest BCUT2D eigenvalue weighted by molar-refractivity contribution is 7.86. The summed E-state index contributed by atoms with van der Waals surface area (Å²) in [7, 11) is 0.186. The normalized spacial score (nSPS) is 15.3. The second kappa shape index (κ2) is 9.14. The summed E-state index contributed by atoms with van der Waals surface area (Å²) in [5, 5.41) is 2.89. The maximum absolute atomic E-state index is 12.7. The molecule has 1 unspecified atom stereocenters. The average molecular weight is 435 g/mol. The van der Waals surface area contributed by atoms with Crippen molar-refractivity contribution in [3.63, 3.8) is 0 Å². The standard InChI is InChI=1S/C24H22N2O4S/c1-30-20-10-7-17(8-11-20)14-25-24(28)19-9-12-22-21(13-19)26(23(27)16-31(22)29)15-18-5-3-2-4-6-18/h2-13H,14-16H2,1H3,(H,25,28). The highest BCUT2D eigenvalue weighted by atomic mass is 32.2. The molecule has 6 nitrogen and oxygen atoms in total. The number of fused-ring (bicyclic) bond motifs is 1. The van der Waals surface area contributed by atoms with E-state index >= 15 is 0 Å². The van der Waals surface area contributed by atoms with Crippen LogP contribution in [0.1, 0.15) is 21.5 Å². The van der Waals surface area contributed by atoms with Crippen LogP contribution in [0.5, 0.6) is 5.75 Å². The molecule has 1 N–H and O–H groups in total. The van der Waals surface area contributed by atoms with Crippen LogP contribution in [0, 0.1) is 0 Å². The molecule has 1 aliphatic heterocycles. The van der Waals surface area contributed by atoms with Crippen LogP contribution in [0.3, 0.4) is 0 Å². The number of ether oxygens (including phenoxy) is 1. The quantitative estimate of drug-likeness (QED) is 0.646. The molecule has 1 heterocycles. The largest absolute Gasteiger partial charge is 0.497 e. The van der Waals surface area contributed by atoms with Crippen molar-refractivity contribution in [2.24, 2.45) is 0 Å². The third-order valence-corrected chi connectivity index (χ3v) is 6.45. The molecule has 4 rings (SSSR count). The Balaban J connectivity index is 1.55. The molecule has 1 atom stereocenters. The second-order valence-electron chi connectivity index (χ2n) is 7.17. The number of carbonyl (C=O) groups is 2. The van der Waals surface area contributed by atoms with Gasteiger partial charge in [-0.1, -0.05) is 42.5 Å². The van der Waals surface area contributed by atoms with E-state index in [1.807, 2.05) is 54.6 Å². The van der Waals surface area contributed by atoms with Crippen LogP contribution in [-0.2, 0) is 28.7 Å². The first kappa shape index (κ1) is 20.8. The van der Waals surface area contributed by atoms with E-state index in [4.69, 9.17) is 4.74 Å². The van der Waals surface area contributed by atoms with Gasteiger partial charge in [-0.2, -0.15) is 0 Å². The number of nitrogens with zero attached hydrogens (tertiary/aromatic N) is 1. The Morgan fingerprint density at radius 2 is 1.77 bits per heavy atom. The van der Waals surface area contributed by atoms with E-state index < -0.39 is 10.8 Å². The topological polar surface area (TPSA) is 75.7 Å². The molecule has 1 aliphatic rings. The van der Waals surface area contributed by atoms with E-state index in [9.17, 15) is 13.8 Å². The average Bonchev–Trinajstić information content (AvgIpc) is 2.81. The maximum atomic E-state index is 12.7. The molecule has 31 heavy (non-hydrogen) atoms. The molecule has 0 spiro atoms. The number of anilines is 1. The van der Waals surface area contributed by atoms with Crippen molar-refractivity contribution in [3.05, 3.63) is 89.5 Å². The number of nitrogens with one attached hydrogen (secondary N) is 1. The number of amides is 2. The van der Waals surface area contributed by atoms with Crippen LogP contribution < -0.4 is 15.0 Å². The number of hydrogen-bond donors (Lipinski definition) is 1. The first-order valence-electron chi connectivity index (χ1n) is 9.83. The zero-order chi connectivity index (χ0) is 21.8. The minimum Gasteiger partial charge on any atom is -0.497 e. The van der Waals surface area contributed by atoms with Gasteiger partial charge in [0.05, 0.1) is 35.0 Å². The summed E-state index contributed by atoms with van der Waals surface area (Å²) in [6.07, 6.45) is 0. The zero-order valence-corrected chi connectivity index (χ0v) is 17.9. The molecule has 0 radical (unpaired) electrons. The zero-order valence-electron chi connectivity index (χ0n) is 17.0. The van der Waals surface area contributed by atoms with Crippen molar-refractivity contribution >= 4 is 28.3 Å². The van der Waals surface area contributed by atoms with Gasteiger partial charge in [0.2, 0.25) is 5.91 Å². The second-order valence-corrected chi connectivity index (χ2v) is 8.59. The Labute approximate surface area is 183 Å². The van der Waals surface area contributed by atoms with Gasteiger partial charge in [-0.3, -0.25) is 13.8 Å². The lowest BCUT2D eigenvalue weighted by atomic mass is 10.1. The first-order chi connectivity index (χ1) is 15.0. The fraction of sp³-hybridized carbons (Fsp3) is 0.167. The number of carbonyl (C=O) groups excluding carboxylic acids is 2. The number of methoxy groups -OCH3 is 1. The van der Waals surface area contributed by atoms with Gasteiger partial charge in [0, 0.05) is 12.1 Å². The van der Waals surface area contributed by atoms with E-state index in [2.05, 4.69) is 5.32 Å². The molecule has 3 aromatic rings. The van der Waals surface area contributed by atoms with Crippen LogP contribution in [0.15, 0.2) is 77.7 Å². The summed E-state index contributed by atoms with van der Waals surface area (Å²) in [6.45, 7) is 0.722. The van der Waals surface area contributed by atoms with Crippen LogP contribution in [0.4, 0.5) is 5.69 Å². The summed E-state index contributed by atoms with van der Waals surface area (Å²) in [6, 6.07) is 22.0. The summed E-state index contributed by atoms with van der Waals surface area (Å²) < 4.78 is 17.6. The smallest absolute Gasteiger partial charge is 0.251 e. The van der Waals surface area contributed by atoms with Crippen LogP contribution >= 0.6 is 0 Å². The molecule has 0 saturated carbocycles. The van der Waals surface area contributed by atoms with Crippen molar-refractivity contribution < 1.29 is 18.5 Å². The summed E-state index contributed by atoms with van der Waals surface area (Å²) >= 11 is 0. The number of rotatable bonds is 6. The molecule has 7 heteroatoms. The molecule has 0 aromatic heterocycles. The Morgan fingerprint density at radius 3 is 2.48 bits per heavy atom. The third kappa shape index (κ3) is 4.67. The predicted molar refractivity (Wildman–Crippen MR) is 120 cm³/mol. The number of hydrogen-bond acceptors (Lipinski definition) is 4. The van der Waals surface area contributed by atoms with Crippen LogP contribution in [0.2, 0.25) is 0 Å². The highest BCUT2D eigenvalue weighted by Gasteiger charge is 2.30. The monoisotopic (exact) mass is 434 g/mol. The van der Waals surface area contributed by atoms with Crippen LogP contribution in [-0.4, -0.2) is 28.9 Å². The summed E-state index contributed by atoms with van der Waals surface area (Å²) in [5.74, 6) is 0.219. The van der Waals surface area contributed by atoms with E-state index in [1.165, 1.54) is 0 Å². The Morgan fingerprint density at radius 1 is 1.03 bits per heavy atom. The van der Waals surface area contributed by atoms with Crippen molar-refractivity contribution in [2.75, 3.05) is 17.8 Å². The van der Waals surface area contributed by atoms with Crippen molar-refractivity contribution in [3.8, 4) is 5.75 Å². The van der Waals surface area contributed by atoms with Gasteiger partial charge in [-0.25, -0.2) is 0 Å². The van der Waals surface area contributed by atoms with E-state index in [-0.39, 0.29) is 17.6 Å². The van der Waals surface area contributed by atoms with Gasteiger partial charge < -0.3 is 15.0 Å². The molecule has 2 amide bonds. The molecule has 0 bridgehead atoms. The highest BCUT2D eigenvalue weighted by Crippen LogP contribution is 2.31. The van der Waals surface area contributed by atoms with Gasteiger partial charge in [-0.05, 0) is 41.5 Å². The Bertz CT molecular complexity index is 1130. The van der Waals surface area contributed by atoms with Crippen molar-refractivity contribution in [2.45, 2.75) is 18.0 Å². The molecule has 0 saturated heterocycles. The summed E-state index contributed by atoms with van der Waals surface area (Å²) in [5.41, 5.74) is 2.84. The lowest BCUT2D eigenvalue weighted by molar-refractivity contribution is -0.116. The minimum atomic E-state index is -1.42. The molecule has 3 aromatic carbocycles. The van der Waals surface area contributed by atoms with Gasteiger partial charge in [-0.15, -0.1) is 0 Å². The summed E-state index contributed by atoms with van der Waals surface area (Å²) in [4.78, 5) is 27.6. The van der Waals surface area contributed by atoms with Gasteiger partial charge in [0.1, 0.15) is 11.5 Å². The van der Waals surface area contributed by atoms with E-state index in [0.717, 1.165) is 16.9 Å². The molecule has 0 aliphatic carbocycles. The van der Waals surface area contributed by atoms with Gasteiger partial charge in [0.15, 0.2) is 0 Å². The fourth-order valence-corrected chi connectivity index (χ4v) is 4.59. The van der Waals surface area contributed by atoms with Crippen molar-refractivity contribution in [1.82, 2.24) is 5.32 Å². The first-order valence-corrected chi connectivity index (χ1v) is 11.1. The third-order valence-electron chi connectivity index (χ3n) is 5.11. The fourth-order valence-electron chi connectivity index (χ4n) is 3.43. The lowest BCUT2D eigenvalue weighted by Gasteiger charge is -2.29. The van der Waals surface area contributed by atoms with E-state index in [0.29, 0.717) is 29.2 Å². The van der Waals surface area contributed by atoms with Crippen LogP contribution in [0.25, 0.3) is 0 Å².